The Morgan fingerprint density at radius 3 is 0.913 bits per heavy atom. The second-order valence-electron chi connectivity index (χ2n) is 4.66. The van der Waals surface area contributed by atoms with Crippen molar-refractivity contribution in [1.29, 1.82) is 0 Å². The van der Waals surface area contributed by atoms with Crippen LogP contribution < -0.4 is 10.6 Å². The molecule has 0 unspecified atom stereocenters. The molecule has 0 aromatic heterocycles. The second-order valence-corrected chi connectivity index (χ2v) is 4.66. The Balaban J connectivity index is 0.000000160. The summed E-state index contributed by atoms with van der Waals surface area (Å²) in [4.78, 5) is 43.8. The average molecular weight is 333 g/mol. The van der Waals surface area contributed by atoms with Gasteiger partial charge in [-0.1, -0.05) is 24.3 Å². The molecule has 0 atom stereocenters. The predicted molar refractivity (Wildman–Crippen MR) is 82.2 cm³/mol. The van der Waals surface area contributed by atoms with Crippen LogP contribution in [0.15, 0.2) is 48.5 Å². The summed E-state index contributed by atoms with van der Waals surface area (Å²) in [6, 6.07) is 13.5. The van der Waals surface area contributed by atoms with E-state index in [4.69, 9.17) is 0 Å². The third-order valence-electron chi connectivity index (χ3n) is 3.29. The van der Waals surface area contributed by atoms with Gasteiger partial charge in [0.25, 0.3) is 23.6 Å². The van der Waals surface area contributed by atoms with Gasteiger partial charge in [0, 0.05) is 51.4 Å². The number of hydrogen-bond donors (Lipinski definition) is 2. The number of benzene rings is 2. The van der Waals surface area contributed by atoms with Crippen molar-refractivity contribution in [3.8, 4) is 0 Å². The fraction of sp³-hybridized carbons (Fsp3) is 0. The first-order valence-electron chi connectivity index (χ1n) is 6.47. The number of nitrogens with one attached hydrogen (secondary N) is 2. The summed E-state index contributed by atoms with van der Waals surface area (Å²) < 4.78 is 0. The zero-order valence-corrected chi connectivity index (χ0v) is 15.4. The van der Waals surface area contributed by atoms with Gasteiger partial charge in [-0.3, -0.25) is 29.8 Å². The van der Waals surface area contributed by atoms with Crippen LogP contribution in [0, 0.1) is 0 Å². The van der Waals surface area contributed by atoms with Gasteiger partial charge in [-0.05, 0) is 24.3 Å². The van der Waals surface area contributed by atoms with Crippen LogP contribution in [0.1, 0.15) is 41.4 Å². The molecular weight excluding hydrogens is 323 g/mol. The molecule has 4 rings (SSSR count). The van der Waals surface area contributed by atoms with Crippen LogP contribution in [0.3, 0.4) is 0 Å². The van der Waals surface area contributed by atoms with E-state index in [1.165, 1.54) is 0 Å². The third-order valence-corrected chi connectivity index (χ3v) is 3.29. The van der Waals surface area contributed by atoms with Gasteiger partial charge >= 0.3 is 0 Å². The standard InChI is InChI=1S/2C8H5NO2.K/c2*10-7-5-3-1-2-4-6(5)8(11)9-7;/h2*1-4H,(H,9,10,11);. The van der Waals surface area contributed by atoms with Gasteiger partial charge in [0.1, 0.15) is 0 Å². The molecule has 2 aliphatic heterocycles. The van der Waals surface area contributed by atoms with Gasteiger partial charge in [0.05, 0.1) is 22.3 Å². The summed E-state index contributed by atoms with van der Waals surface area (Å²) in [5, 5.41) is 4.41. The minimum atomic E-state index is -0.300. The maximum absolute atomic E-state index is 10.9. The molecule has 4 amide bonds. The summed E-state index contributed by atoms with van der Waals surface area (Å²) in [5.74, 6) is -1.20. The normalized spacial score (nSPS) is 13.9. The maximum atomic E-state index is 10.9. The van der Waals surface area contributed by atoms with E-state index >= 15 is 0 Å². The molecule has 2 heterocycles. The van der Waals surface area contributed by atoms with Gasteiger partial charge in [-0.25, -0.2) is 0 Å². The molecule has 2 aromatic carbocycles. The molecular formula is C16H10KN2O4. The summed E-state index contributed by atoms with van der Waals surface area (Å²) >= 11 is 0. The zero-order valence-electron chi connectivity index (χ0n) is 12.3. The molecule has 2 aromatic rings. The van der Waals surface area contributed by atoms with Crippen LogP contribution in [-0.2, 0) is 0 Å². The first-order chi connectivity index (χ1) is 10.6. The number of carbonyl (C=O) groups excluding carboxylic acids is 4. The number of fused-ring (bicyclic) bond motifs is 2. The molecule has 7 heteroatoms. The third kappa shape index (κ3) is 3.49. The minimum Gasteiger partial charge on any atom is -0.288 e. The van der Waals surface area contributed by atoms with E-state index in [-0.39, 0.29) is 75.0 Å². The smallest absolute Gasteiger partial charge is 0.258 e. The van der Waals surface area contributed by atoms with Crippen molar-refractivity contribution in [1.82, 2.24) is 10.6 Å². The molecule has 0 fully saturated rings. The van der Waals surface area contributed by atoms with Gasteiger partial charge in [0.2, 0.25) is 0 Å². The average Bonchev–Trinajstić information content (AvgIpc) is 2.99. The number of imide groups is 2. The molecule has 0 bridgehead atoms. The van der Waals surface area contributed by atoms with Crippen LogP contribution in [0.2, 0.25) is 0 Å². The summed E-state index contributed by atoms with van der Waals surface area (Å²) in [6.45, 7) is 0. The molecule has 109 valence electrons. The minimum absolute atomic E-state index is 0. The zero-order chi connectivity index (χ0) is 15.7. The monoisotopic (exact) mass is 333 g/mol. The molecule has 0 spiro atoms. The Hall–Kier alpha value is -1.64. The second kappa shape index (κ2) is 7.28. The van der Waals surface area contributed by atoms with E-state index in [0.29, 0.717) is 22.3 Å². The fourth-order valence-electron chi connectivity index (χ4n) is 2.23. The van der Waals surface area contributed by atoms with Gasteiger partial charge in [-0.2, -0.15) is 0 Å². The predicted octanol–water partition coefficient (Wildman–Crippen LogP) is 0.760. The quantitative estimate of drug-likeness (QED) is 0.550. The van der Waals surface area contributed by atoms with Gasteiger partial charge in [0.15, 0.2) is 0 Å². The molecule has 0 aliphatic carbocycles. The fourth-order valence-corrected chi connectivity index (χ4v) is 2.23. The molecule has 2 N–H and O–H groups in total. The van der Waals surface area contributed by atoms with Gasteiger partial charge < -0.3 is 0 Å². The van der Waals surface area contributed by atoms with Crippen LogP contribution in [0.5, 0.6) is 0 Å². The van der Waals surface area contributed by atoms with Gasteiger partial charge in [-0.15, -0.1) is 0 Å². The van der Waals surface area contributed by atoms with Crippen LogP contribution >= 0.6 is 0 Å². The van der Waals surface area contributed by atoms with E-state index in [1.54, 1.807) is 48.5 Å². The van der Waals surface area contributed by atoms with Crippen molar-refractivity contribution < 1.29 is 19.2 Å². The summed E-state index contributed by atoms with van der Waals surface area (Å²) in [7, 11) is 0. The Kier molecular flexibility index (Phi) is 5.61. The molecule has 1 radical (unpaired) electrons. The van der Waals surface area contributed by atoms with E-state index in [0.717, 1.165) is 0 Å². The van der Waals surface area contributed by atoms with Crippen LogP contribution in [0.4, 0.5) is 0 Å². The molecule has 23 heavy (non-hydrogen) atoms. The van der Waals surface area contributed by atoms with Crippen molar-refractivity contribution in [2.75, 3.05) is 0 Å². The Morgan fingerprint density at radius 2 is 0.696 bits per heavy atom. The van der Waals surface area contributed by atoms with Crippen molar-refractivity contribution in [3.63, 3.8) is 0 Å². The van der Waals surface area contributed by atoms with E-state index in [1.807, 2.05) is 0 Å². The summed E-state index contributed by atoms with van der Waals surface area (Å²) in [5.41, 5.74) is 1.88. The van der Waals surface area contributed by atoms with Crippen molar-refractivity contribution in [2.45, 2.75) is 0 Å². The number of carbonyl (C=O) groups is 4. The van der Waals surface area contributed by atoms with Crippen LogP contribution in [-0.4, -0.2) is 75.0 Å². The maximum Gasteiger partial charge on any atom is 0.258 e. The molecule has 2 aliphatic rings. The first kappa shape index (κ1) is 17.7. The van der Waals surface area contributed by atoms with Crippen LogP contribution in [0.25, 0.3) is 0 Å². The molecule has 0 saturated carbocycles. The number of amides is 4. The van der Waals surface area contributed by atoms with Crippen molar-refractivity contribution in [3.05, 3.63) is 70.8 Å². The summed E-state index contributed by atoms with van der Waals surface area (Å²) in [6.07, 6.45) is 0. The SMILES string of the molecule is O=C1NC(=O)c2ccccc21.O=C1NC(=O)c2ccccc21.[K]. The first-order valence-corrected chi connectivity index (χ1v) is 6.47. The largest absolute Gasteiger partial charge is 0.288 e. The van der Waals surface area contributed by atoms with E-state index < -0.39 is 0 Å². The van der Waals surface area contributed by atoms with E-state index in [2.05, 4.69) is 10.6 Å². The number of hydrogen-bond acceptors (Lipinski definition) is 4. The van der Waals surface area contributed by atoms with Crippen molar-refractivity contribution >= 4 is 75.0 Å². The Labute approximate surface area is 174 Å². The Bertz CT molecular complexity index is 697. The topological polar surface area (TPSA) is 92.3 Å². The molecule has 0 saturated heterocycles. The van der Waals surface area contributed by atoms with Crippen molar-refractivity contribution in [2.24, 2.45) is 0 Å². The Morgan fingerprint density at radius 1 is 0.478 bits per heavy atom. The van der Waals surface area contributed by atoms with E-state index in [9.17, 15) is 19.2 Å². The molecule has 6 nitrogen and oxygen atoms in total. The number of rotatable bonds is 0.